The molecule has 19 heavy (non-hydrogen) atoms. The molecule has 1 unspecified atom stereocenters. The van der Waals surface area contributed by atoms with Gasteiger partial charge in [-0.05, 0) is 44.2 Å². The number of hydrogen-bond acceptors (Lipinski definition) is 2. The lowest BCUT2D eigenvalue weighted by Crippen LogP contribution is -2.25. The molecule has 0 amide bonds. The van der Waals surface area contributed by atoms with Gasteiger partial charge in [0.1, 0.15) is 0 Å². The van der Waals surface area contributed by atoms with Crippen molar-refractivity contribution in [1.29, 1.82) is 0 Å². The van der Waals surface area contributed by atoms with Gasteiger partial charge in [0.05, 0.1) is 5.69 Å². The van der Waals surface area contributed by atoms with Gasteiger partial charge in [-0.3, -0.25) is 5.10 Å². The molecule has 100 valence electrons. The molecule has 0 spiro atoms. The fourth-order valence-electron chi connectivity index (χ4n) is 3.03. The summed E-state index contributed by atoms with van der Waals surface area (Å²) < 4.78 is 0. The summed E-state index contributed by atoms with van der Waals surface area (Å²) >= 11 is 0. The summed E-state index contributed by atoms with van der Waals surface area (Å²) in [6.07, 6.45) is 3.73. The van der Waals surface area contributed by atoms with Gasteiger partial charge in [0.25, 0.3) is 0 Å². The minimum absolute atomic E-state index is 0.485. The molecule has 2 N–H and O–H groups in total. The van der Waals surface area contributed by atoms with E-state index in [0.29, 0.717) is 6.04 Å². The van der Waals surface area contributed by atoms with Crippen LogP contribution in [-0.2, 0) is 13.0 Å². The number of aryl methyl sites for hydroxylation is 3. The van der Waals surface area contributed by atoms with Gasteiger partial charge in [0.15, 0.2) is 0 Å². The Morgan fingerprint density at radius 2 is 2.16 bits per heavy atom. The van der Waals surface area contributed by atoms with Crippen molar-refractivity contribution in [1.82, 2.24) is 15.5 Å². The summed E-state index contributed by atoms with van der Waals surface area (Å²) in [6, 6.07) is 9.30. The molecule has 0 saturated heterocycles. The minimum atomic E-state index is 0.485. The van der Waals surface area contributed by atoms with Crippen LogP contribution in [0.15, 0.2) is 24.3 Å². The van der Waals surface area contributed by atoms with Crippen molar-refractivity contribution in [3.05, 3.63) is 52.3 Å². The molecule has 1 aromatic heterocycles. The highest BCUT2D eigenvalue weighted by molar-refractivity contribution is 5.32. The molecular formula is C16H21N3. The average molecular weight is 255 g/mol. The Labute approximate surface area is 114 Å². The minimum Gasteiger partial charge on any atom is -0.306 e. The first-order valence-electron chi connectivity index (χ1n) is 7.07. The maximum atomic E-state index is 4.26. The highest BCUT2D eigenvalue weighted by Gasteiger charge is 2.19. The lowest BCUT2D eigenvalue weighted by atomic mass is 9.87. The van der Waals surface area contributed by atoms with E-state index in [-0.39, 0.29) is 0 Å². The number of aromatic nitrogens is 2. The molecular weight excluding hydrogens is 234 g/mol. The molecule has 3 nitrogen and oxygen atoms in total. The highest BCUT2D eigenvalue weighted by atomic mass is 15.1. The van der Waals surface area contributed by atoms with Crippen molar-refractivity contribution >= 4 is 0 Å². The molecule has 3 heteroatoms. The molecule has 1 aromatic carbocycles. The second kappa shape index (κ2) is 5.17. The zero-order valence-corrected chi connectivity index (χ0v) is 11.7. The molecule has 2 aromatic rings. The van der Waals surface area contributed by atoms with Crippen LogP contribution in [0.4, 0.5) is 0 Å². The standard InChI is InChI=1S/C16H21N3/c1-11-15(12(2)19-18-11)10-17-16-9-5-7-13-6-3-4-8-14(13)16/h3-4,6,8,16-17H,5,7,9-10H2,1-2H3,(H,18,19). The average Bonchev–Trinajstić information content (AvgIpc) is 2.76. The zero-order valence-electron chi connectivity index (χ0n) is 11.7. The van der Waals surface area contributed by atoms with E-state index in [1.165, 1.54) is 41.6 Å². The molecule has 1 aliphatic rings. The van der Waals surface area contributed by atoms with Crippen molar-refractivity contribution in [3.8, 4) is 0 Å². The van der Waals surface area contributed by atoms with E-state index in [4.69, 9.17) is 0 Å². The van der Waals surface area contributed by atoms with Crippen LogP contribution in [0.2, 0.25) is 0 Å². The van der Waals surface area contributed by atoms with E-state index in [9.17, 15) is 0 Å². The van der Waals surface area contributed by atoms with Crippen LogP contribution in [0.1, 0.15) is 47.0 Å². The maximum absolute atomic E-state index is 4.26. The summed E-state index contributed by atoms with van der Waals surface area (Å²) in [5, 5.41) is 11.0. The van der Waals surface area contributed by atoms with Gasteiger partial charge in [-0.2, -0.15) is 5.10 Å². The molecule has 0 fully saturated rings. The predicted molar refractivity (Wildman–Crippen MR) is 77.0 cm³/mol. The van der Waals surface area contributed by atoms with Gasteiger partial charge in [0, 0.05) is 23.8 Å². The maximum Gasteiger partial charge on any atom is 0.0638 e. The van der Waals surface area contributed by atoms with Gasteiger partial charge >= 0.3 is 0 Å². The first-order chi connectivity index (χ1) is 9.25. The summed E-state index contributed by atoms with van der Waals surface area (Å²) in [4.78, 5) is 0. The molecule has 1 atom stereocenters. The number of hydrogen-bond donors (Lipinski definition) is 2. The Morgan fingerprint density at radius 3 is 2.95 bits per heavy atom. The third kappa shape index (κ3) is 2.43. The first-order valence-corrected chi connectivity index (χ1v) is 7.07. The Balaban J connectivity index is 1.75. The lowest BCUT2D eigenvalue weighted by Gasteiger charge is -2.26. The SMILES string of the molecule is Cc1n[nH]c(C)c1CNC1CCCc2ccccc21. The van der Waals surface area contributed by atoms with Crippen LogP contribution < -0.4 is 5.32 Å². The number of H-pyrrole nitrogens is 1. The number of nitrogens with one attached hydrogen (secondary N) is 2. The van der Waals surface area contributed by atoms with Crippen LogP contribution in [0, 0.1) is 13.8 Å². The number of benzene rings is 1. The monoisotopic (exact) mass is 255 g/mol. The van der Waals surface area contributed by atoms with E-state index in [1.807, 2.05) is 0 Å². The highest BCUT2D eigenvalue weighted by Crippen LogP contribution is 2.29. The fourth-order valence-corrected chi connectivity index (χ4v) is 3.03. The smallest absolute Gasteiger partial charge is 0.0638 e. The lowest BCUT2D eigenvalue weighted by molar-refractivity contribution is 0.458. The van der Waals surface area contributed by atoms with Crippen molar-refractivity contribution in [2.24, 2.45) is 0 Å². The third-order valence-corrected chi connectivity index (χ3v) is 4.18. The van der Waals surface area contributed by atoms with E-state index in [2.05, 4.69) is 53.6 Å². The molecule has 3 rings (SSSR count). The molecule has 0 bridgehead atoms. The normalized spacial score (nSPS) is 18.3. The van der Waals surface area contributed by atoms with E-state index >= 15 is 0 Å². The summed E-state index contributed by atoms with van der Waals surface area (Å²) in [6.45, 7) is 5.05. The van der Waals surface area contributed by atoms with Crippen molar-refractivity contribution in [2.75, 3.05) is 0 Å². The van der Waals surface area contributed by atoms with Crippen LogP contribution in [-0.4, -0.2) is 10.2 Å². The van der Waals surface area contributed by atoms with E-state index < -0.39 is 0 Å². The molecule has 1 aliphatic carbocycles. The first kappa shape index (κ1) is 12.4. The van der Waals surface area contributed by atoms with Gasteiger partial charge < -0.3 is 5.32 Å². The van der Waals surface area contributed by atoms with E-state index in [1.54, 1.807) is 0 Å². The van der Waals surface area contributed by atoms with Gasteiger partial charge in [-0.1, -0.05) is 24.3 Å². The fraction of sp³-hybridized carbons (Fsp3) is 0.438. The van der Waals surface area contributed by atoms with Gasteiger partial charge in [-0.25, -0.2) is 0 Å². The molecule has 0 aliphatic heterocycles. The largest absolute Gasteiger partial charge is 0.306 e. The second-order valence-corrected chi connectivity index (χ2v) is 5.44. The van der Waals surface area contributed by atoms with E-state index in [0.717, 1.165) is 12.2 Å². The topological polar surface area (TPSA) is 40.7 Å². The van der Waals surface area contributed by atoms with Crippen molar-refractivity contribution < 1.29 is 0 Å². The quantitative estimate of drug-likeness (QED) is 0.884. The predicted octanol–water partition coefficient (Wildman–Crippen LogP) is 3.19. The van der Waals surface area contributed by atoms with Crippen LogP contribution in [0.5, 0.6) is 0 Å². The number of fused-ring (bicyclic) bond motifs is 1. The van der Waals surface area contributed by atoms with Gasteiger partial charge in [-0.15, -0.1) is 0 Å². The molecule has 1 heterocycles. The Kier molecular flexibility index (Phi) is 3.38. The Hall–Kier alpha value is -1.61. The summed E-state index contributed by atoms with van der Waals surface area (Å²) in [5.41, 5.74) is 6.57. The van der Waals surface area contributed by atoms with Crippen LogP contribution >= 0.6 is 0 Å². The zero-order chi connectivity index (χ0) is 13.2. The van der Waals surface area contributed by atoms with Gasteiger partial charge in [0.2, 0.25) is 0 Å². The third-order valence-electron chi connectivity index (χ3n) is 4.18. The Morgan fingerprint density at radius 1 is 1.32 bits per heavy atom. The van der Waals surface area contributed by atoms with Crippen molar-refractivity contribution in [3.63, 3.8) is 0 Å². The molecule has 0 saturated carbocycles. The van der Waals surface area contributed by atoms with Crippen LogP contribution in [0.25, 0.3) is 0 Å². The summed E-state index contributed by atoms with van der Waals surface area (Å²) in [7, 11) is 0. The number of nitrogens with zero attached hydrogens (tertiary/aromatic N) is 1. The number of aromatic amines is 1. The summed E-state index contributed by atoms with van der Waals surface area (Å²) in [5.74, 6) is 0. The number of rotatable bonds is 3. The van der Waals surface area contributed by atoms with Crippen LogP contribution in [0.3, 0.4) is 0 Å². The van der Waals surface area contributed by atoms with Crippen molar-refractivity contribution in [2.45, 2.75) is 45.7 Å². The second-order valence-electron chi connectivity index (χ2n) is 5.44. The Bertz CT molecular complexity index is 552. The molecule has 0 radical (unpaired) electrons.